The Hall–Kier alpha value is -2.60. The Morgan fingerprint density at radius 3 is 2.72 bits per heavy atom. The smallest absolute Gasteiger partial charge is 0.269 e. The number of non-ortho nitro benzene ring substituents is 1. The summed E-state index contributed by atoms with van der Waals surface area (Å²) in [6.07, 6.45) is 0.184. The second kappa shape index (κ2) is 6.72. The normalized spacial score (nSPS) is 17.6. The van der Waals surface area contributed by atoms with Gasteiger partial charge < -0.3 is 10.2 Å². The summed E-state index contributed by atoms with van der Waals surface area (Å²) < 4.78 is 0. The van der Waals surface area contributed by atoms with E-state index in [0.717, 1.165) is 6.42 Å². The number of rotatable bonds is 4. The van der Waals surface area contributed by atoms with Crippen molar-refractivity contribution in [3.05, 3.63) is 68.7 Å². The Kier molecular flexibility index (Phi) is 4.63. The van der Waals surface area contributed by atoms with Gasteiger partial charge in [-0.15, -0.1) is 0 Å². The fraction of sp³-hybridized carbons (Fsp3) is 0.278. The number of nitrogens with zero attached hydrogens (tertiary/aromatic N) is 2. The van der Waals surface area contributed by atoms with E-state index in [-0.39, 0.29) is 17.6 Å². The molecule has 2 aromatic carbocycles. The monoisotopic (exact) mass is 359 g/mol. The SMILES string of the molecule is CC[C@@H](C)N1C(=O)c2ccccc2N[C@@H]1c1cc([N+](=O)[O-])ccc1Cl. The van der Waals surface area contributed by atoms with Crippen molar-refractivity contribution in [1.82, 2.24) is 4.90 Å². The lowest BCUT2D eigenvalue weighted by Gasteiger charge is -2.41. The average Bonchev–Trinajstić information content (AvgIpc) is 2.61. The van der Waals surface area contributed by atoms with Crippen LogP contribution in [0.3, 0.4) is 0 Å². The molecule has 0 unspecified atom stereocenters. The number of nitro groups is 1. The summed E-state index contributed by atoms with van der Waals surface area (Å²) in [5.74, 6) is -0.115. The van der Waals surface area contributed by atoms with Gasteiger partial charge in [-0.25, -0.2) is 0 Å². The molecule has 2 atom stereocenters. The van der Waals surface area contributed by atoms with Gasteiger partial charge in [-0.2, -0.15) is 0 Å². The topological polar surface area (TPSA) is 75.5 Å². The van der Waals surface area contributed by atoms with E-state index in [9.17, 15) is 14.9 Å². The van der Waals surface area contributed by atoms with Crippen molar-refractivity contribution in [3.63, 3.8) is 0 Å². The van der Waals surface area contributed by atoms with Crippen molar-refractivity contribution in [1.29, 1.82) is 0 Å². The minimum absolute atomic E-state index is 0.0587. The molecule has 0 aliphatic carbocycles. The van der Waals surface area contributed by atoms with Gasteiger partial charge in [0, 0.05) is 34.4 Å². The van der Waals surface area contributed by atoms with Crippen LogP contribution >= 0.6 is 11.6 Å². The molecule has 0 saturated carbocycles. The zero-order valence-electron chi connectivity index (χ0n) is 13.9. The number of benzene rings is 2. The summed E-state index contributed by atoms with van der Waals surface area (Å²) in [7, 11) is 0. The summed E-state index contributed by atoms with van der Waals surface area (Å²) in [6, 6.07) is 11.5. The fourth-order valence-electron chi connectivity index (χ4n) is 3.00. The third kappa shape index (κ3) is 3.05. The highest BCUT2D eigenvalue weighted by molar-refractivity contribution is 6.31. The Labute approximate surface area is 150 Å². The molecule has 0 radical (unpaired) electrons. The van der Waals surface area contributed by atoms with Gasteiger partial charge in [0.2, 0.25) is 0 Å². The molecular weight excluding hydrogens is 342 g/mol. The average molecular weight is 360 g/mol. The first-order valence-electron chi connectivity index (χ1n) is 8.06. The molecule has 6 nitrogen and oxygen atoms in total. The molecule has 2 aromatic rings. The van der Waals surface area contributed by atoms with Gasteiger partial charge in [0.25, 0.3) is 11.6 Å². The van der Waals surface area contributed by atoms with Crippen molar-refractivity contribution in [2.75, 3.05) is 5.32 Å². The third-order valence-corrected chi connectivity index (χ3v) is 4.86. The Morgan fingerprint density at radius 1 is 1.32 bits per heavy atom. The van der Waals surface area contributed by atoms with E-state index >= 15 is 0 Å². The van der Waals surface area contributed by atoms with Crippen LogP contribution in [0, 0.1) is 10.1 Å². The third-order valence-electron chi connectivity index (χ3n) is 4.51. The van der Waals surface area contributed by atoms with Crippen LogP contribution in [0.15, 0.2) is 42.5 Å². The standard InChI is InChI=1S/C18H18ClN3O3/c1-3-11(2)21-17(14-10-12(22(24)25)8-9-15(14)19)20-16-7-5-4-6-13(16)18(21)23/h4-11,17,20H,3H2,1-2H3/t11-,17+/m1/s1. The van der Waals surface area contributed by atoms with E-state index in [4.69, 9.17) is 11.6 Å². The van der Waals surface area contributed by atoms with Crippen molar-refractivity contribution in [3.8, 4) is 0 Å². The maximum Gasteiger partial charge on any atom is 0.269 e. The molecule has 3 rings (SSSR count). The molecule has 7 heteroatoms. The lowest BCUT2D eigenvalue weighted by atomic mass is 10.0. The molecule has 0 fully saturated rings. The largest absolute Gasteiger partial charge is 0.361 e. The second-order valence-corrected chi connectivity index (χ2v) is 6.43. The quantitative estimate of drug-likeness (QED) is 0.638. The number of halogens is 1. The van der Waals surface area contributed by atoms with Crippen molar-refractivity contribution in [2.24, 2.45) is 0 Å². The number of fused-ring (bicyclic) bond motifs is 1. The number of hydrogen-bond donors (Lipinski definition) is 1. The minimum atomic E-state index is -0.565. The molecule has 130 valence electrons. The summed E-state index contributed by atoms with van der Waals surface area (Å²) in [4.78, 5) is 25.4. The van der Waals surface area contributed by atoms with E-state index in [1.54, 1.807) is 11.0 Å². The van der Waals surface area contributed by atoms with Crippen LogP contribution in [-0.4, -0.2) is 21.8 Å². The summed E-state index contributed by atoms with van der Waals surface area (Å²) in [6.45, 7) is 3.94. The number of nitrogens with one attached hydrogen (secondary N) is 1. The Balaban J connectivity index is 2.14. The second-order valence-electron chi connectivity index (χ2n) is 6.03. The summed E-state index contributed by atoms with van der Waals surface area (Å²) >= 11 is 6.32. The first kappa shape index (κ1) is 17.2. The fourth-order valence-corrected chi connectivity index (χ4v) is 3.22. The van der Waals surface area contributed by atoms with Gasteiger partial charge in [-0.1, -0.05) is 30.7 Å². The Bertz CT molecular complexity index is 840. The van der Waals surface area contributed by atoms with Crippen LogP contribution in [0.4, 0.5) is 11.4 Å². The lowest BCUT2D eigenvalue weighted by Crippen LogP contribution is -2.47. The summed E-state index contributed by atoms with van der Waals surface area (Å²) in [5.41, 5.74) is 1.73. The van der Waals surface area contributed by atoms with Crippen molar-refractivity contribution >= 4 is 28.9 Å². The molecule has 0 bridgehead atoms. The maximum atomic E-state index is 13.0. The first-order chi connectivity index (χ1) is 11.9. The number of para-hydroxylation sites is 1. The van der Waals surface area contributed by atoms with Gasteiger partial charge in [-0.05, 0) is 31.5 Å². The van der Waals surface area contributed by atoms with Crippen molar-refractivity contribution < 1.29 is 9.72 Å². The van der Waals surface area contributed by atoms with Gasteiger partial charge in [0.1, 0.15) is 6.17 Å². The molecule has 1 N–H and O–H groups in total. The lowest BCUT2D eigenvalue weighted by molar-refractivity contribution is -0.384. The molecule has 1 aliphatic heterocycles. The highest BCUT2D eigenvalue weighted by atomic mass is 35.5. The molecule has 1 heterocycles. The predicted molar refractivity (Wildman–Crippen MR) is 96.8 cm³/mol. The predicted octanol–water partition coefficient (Wildman–Crippen LogP) is 4.61. The number of nitro benzene ring substituents is 1. The highest BCUT2D eigenvalue weighted by Crippen LogP contribution is 2.38. The molecule has 0 spiro atoms. The molecular formula is C18H18ClN3O3. The minimum Gasteiger partial charge on any atom is -0.361 e. The van der Waals surface area contributed by atoms with E-state index in [1.165, 1.54) is 18.2 Å². The molecule has 25 heavy (non-hydrogen) atoms. The van der Waals surface area contributed by atoms with E-state index in [1.807, 2.05) is 32.0 Å². The van der Waals surface area contributed by atoms with Crippen LogP contribution in [0.1, 0.15) is 42.4 Å². The van der Waals surface area contributed by atoms with Crippen LogP contribution in [-0.2, 0) is 0 Å². The van der Waals surface area contributed by atoms with Crippen LogP contribution in [0.25, 0.3) is 0 Å². The van der Waals surface area contributed by atoms with Crippen LogP contribution < -0.4 is 5.32 Å². The molecule has 0 saturated heterocycles. The van der Waals surface area contributed by atoms with E-state index in [2.05, 4.69) is 5.32 Å². The van der Waals surface area contributed by atoms with Crippen LogP contribution in [0.2, 0.25) is 5.02 Å². The van der Waals surface area contributed by atoms with Crippen LogP contribution in [0.5, 0.6) is 0 Å². The van der Waals surface area contributed by atoms with Gasteiger partial charge in [-0.3, -0.25) is 14.9 Å². The van der Waals surface area contributed by atoms with E-state index < -0.39 is 11.1 Å². The molecule has 1 amide bonds. The number of carbonyl (C=O) groups excluding carboxylic acids is 1. The number of amides is 1. The van der Waals surface area contributed by atoms with Gasteiger partial charge >= 0.3 is 0 Å². The first-order valence-corrected chi connectivity index (χ1v) is 8.44. The van der Waals surface area contributed by atoms with Gasteiger partial charge in [0.05, 0.1) is 10.5 Å². The van der Waals surface area contributed by atoms with Crippen molar-refractivity contribution in [2.45, 2.75) is 32.5 Å². The Morgan fingerprint density at radius 2 is 2.04 bits per heavy atom. The zero-order valence-corrected chi connectivity index (χ0v) is 14.7. The van der Waals surface area contributed by atoms with Gasteiger partial charge in [0.15, 0.2) is 0 Å². The number of hydrogen-bond acceptors (Lipinski definition) is 4. The molecule has 0 aromatic heterocycles. The molecule has 1 aliphatic rings. The zero-order chi connectivity index (χ0) is 18.1. The maximum absolute atomic E-state index is 13.0. The number of carbonyl (C=O) groups is 1. The van der Waals surface area contributed by atoms with E-state index in [0.29, 0.717) is 21.8 Å². The summed E-state index contributed by atoms with van der Waals surface area (Å²) in [5, 5.41) is 14.8. The number of anilines is 1. The highest BCUT2D eigenvalue weighted by Gasteiger charge is 2.36.